The molecular formula is C13H14FN3O3. The largest absolute Gasteiger partial charge is 0.478 e. The Kier molecular flexibility index (Phi) is 3.69. The number of aromatic nitrogens is 2. The van der Waals surface area contributed by atoms with E-state index in [1.54, 1.807) is 13.8 Å². The van der Waals surface area contributed by atoms with Gasteiger partial charge in [0.05, 0.1) is 17.9 Å². The molecule has 7 heteroatoms. The van der Waals surface area contributed by atoms with E-state index in [0.717, 1.165) is 17.8 Å². The first kappa shape index (κ1) is 14.0. The van der Waals surface area contributed by atoms with E-state index in [9.17, 15) is 9.18 Å². The highest BCUT2D eigenvalue weighted by molar-refractivity contribution is 5.93. The number of hydrogen-bond acceptors (Lipinski definition) is 5. The van der Waals surface area contributed by atoms with Crippen molar-refractivity contribution in [2.24, 2.45) is 0 Å². The van der Waals surface area contributed by atoms with Gasteiger partial charge in [-0.25, -0.2) is 14.2 Å². The summed E-state index contributed by atoms with van der Waals surface area (Å²) in [5, 5.41) is 15.8. The molecule has 20 heavy (non-hydrogen) atoms. The number of carbonyl (C=O) groups is 1. The molecule has 1 atom stereocenters. The van der Waals surface area contributed by atoms with Crippen LogP contribution in [-0.4, -0.2) is 21.2 Å². The van der Waals surface area contributed by atoms with E-state index in [1.165, 1.54) is 0 Å². The van der Waals surface area contributed by atoms with E-state index in [0.29, 0.717) is 11.5 Å². The second-order valence-electron chi connectivity index (χ2n) is 4.46. The van der Waals surface area contributed by atoms with E-state index in [4.69, 9.17) is 9.63 Å². The highest BCUT2D eigenvalue weighted by atomic mass is 19.1. The van der Waals surface area contributed by atoms with Crippen LogP contribution in [0, 0.1) is 19.7 Å². The van der Waals surface area contributed by atoms with E-state index in [-0.39, 0.29) is 17.4 Å². The van der Waals surface area contributed by atoms with Gasteiger partial charge in [-0.15, -0.1) is 0 Å². The molecule has 0 fully saturated rings. The van der Waals surface area contributed by atoms with Crippen molar-refractivity contribution in [1.82, 2.24) is 10.1 Å². The summed E-state index contributed by atoms with van der Waals surface area (Å²) in [4.78, 5) is 14.9. The van der Waals surface area contributed by atoms with Crippen LogP contribution >= 0.6 is 0 Å². The smallest absolute Gasteiger partial charge is 0.339 e. The number of halogens is 1. The molecule has 0 aliphatic carbocycles. The molecule has 2 aromatic rings. The van der Waals surface area contributed by atoms with Crippen LogP contribution in [0.15, 0.2) is 16.8 Å². The molecule has 2 rings (SSSR count). The first-order valence-corrected chi connectivity index (χ1v) is 5.98. The molecule has 2 aromatic heterocycles. The molecule has 0 spiro atoms. The van der Waals surface area contributed by atoms with Crippen molar-refractivity contribution in [2.45, 2.75) is 26.8 Å². The van der Waals surface area contributed by atoms with Crippen LogP contribution in [0.4, 0.5) is 10.2 Å². The summed E-state index contributed by atoms with van der Waals surface area (Å²) in [6.07, 6.45) is 0.967. The summed E-state index contributed by atoms with van der Waals surface area (Å²) < 4.78 is 18.1. The Hall–Kier alpha value is -2.44. The van der Waals surface area contributed by atoms with E-state index in [2.05, 4.69) is 15.5 Å². The Morgan fingerprint density at radius 1 is 1.50 bits per heavy atom. The summed E-state index contributed by atoms with van der Waals surface area (Å²) in [6, 6.07) is 0.662. The zero-order valence-corrected chi connectivity index (χ0v) is 11.3. The molecule has 0 aliphatic rings. The van der Waals surface area contributed by atoms with Gasteiger partial charge in [0.25, 0.3) is 0 Å². The molecule has 0 aromatic carbocycles. The standard InChI is InChI=1S/C13H14FN3O3/c1-6(11-7(2)17-20-8(11)3)16-12-10(13(18)19)4-9(14)5-15-12/h4-6H,1-3H3,(H,15,16)(H,18,19). The summed E-state index contributed by atoms with van der Waals surface area (Å²) in [5.74, 6) is -1.20. The number of rotatable bonds is 4. The molecular weight excluding hydrogens is 265 g/mol. The van der Waals surface area contributed by atoms with Crippen molar-refractivity contribution >= 4 is 11.8 Å². The monoisotopic (exact) mass is 279 g/mol. The third kappa shape index (κ3) is 2.61. The lowest BCUT2D eigenvalue weighted by Gasteiger charge is -2.15. The highest BCUT2D eigenvalue weighted by Gasteiger charge is 2.20. The maximum absolute atomic E-state index is 13.1. The van der Waals surface area contributed by atoms with Gasteiger partial charge < -0.3 is 14.9 Å². The molecule has 2 N–H and O–H groups in total. The van der Waals surface area contributed by atoms with Crippen molar-refractivity contribution in [3.8, 4) is 0 Å². The molecule has 0 bridgehead atoms. The number of pyridine rings is 1. The van der Waals surface area contributed by atoms with Crippen LogP contribution in [0.2, 0.25) is 0 Å². The predicted octanol–water partition coefficient (Wildman–Crippen LogP) is 2.70. The van der Waals surface area contributed by atoms with Gasteiger partial charge in [0, 0.05) is 5.56 Å². The van der Waals surface area contributed by atoms with Crippen LogP contribution < -0.4 is 5.32 Å². The minimum atomic E-state index is -1.24. The summed E-state index contributed by atoms with van der Waals surface area (Å²) in [5.41, 5.74) is 1.32. The molecule has 0 saturated heterocycles. The second kappa shape index (κ2) is 5.28. The van der Waals surface area contributed by atoms with Crippen molar-refractivity contribution < 1.29 is 18.8 Å². The summed E-state index contributed by atoms with van der Waals surface area (Å²) in [6.45, 7) is 5.38. The quantitative estimate of drug-likeness (QED) is 0.894. The third-order valence-electron chi connectivity index (χ3n) is 2.96. The Balaban J connectivity index is 2.33. The maximum atomic E-state index is 13.1. The SMILES string of the molecule is Cc1noc(C)c1C(C)Nc1ncc(F)cc1C(=O)O. The molecule has 6 nitrogen and oxygen atoms in total. The van der Waals surface area contributed by atoms with E-state index in [1.807, 2.05) is 6.92 Å². The fourth-order valence-corrected chi connectivity index (χ4v) is 2.10. The zero-order valence-electron chi connectivity index (χ0n) is 11.3. The van der Waals surface area contributed by atoms with Crippen LogP contribution in [0.3, 0.4) is 0 Å². The Morgan fingerprint density at radius 3 is 2.75 bits per heavy atom. The minimum Gasteiger partial charge on any atom is -0.478 e. The molecule has 1 unspecified atom stereocenters. The topological polar surface area (TPSA) is 88.3 Å². The second-order valence-corrected chi connectivity index (χ2v) is 4.46. The summed E-state index contributed by atoms with van der Waals surface area (Å²) in [7, 11) is 0. The van der Waals surface area contributed by atoms with Gasteiger partial charge in [-0.2, -0.15) is 0 Å². The van der Waals surface area contributed by atoms with Gasteiger partial charge in [0.15, 0.2) is 0 Å². The minimum absolute atomic E-state index is 0.103. The van der Waals surface area contributed by atoms with Gasteiger partial charge in [0.1, 0.15) is 23.0 Å². The fourth-order valence-electron chi connectivity index (χ4n) is 2.10. The van der Waals surface area contributed by atoms with Crippen LogP contribution in [0.5, 0.6) is 0 Å². The number of hydrogen-bond donors (Lipinski definition) is 2. The first-order chi connectivity index (χ1) is 9.40. The summed E-state index contributed by atoms with van der Waals surface area (Å²) >= 11 is 0. The van der Waals surface area contributed by atoms with Crippen LogP contribution in [0.25, 0.3) is 0 Å². The molecule has 0 aliphatic heterocycles. The van der Waals surface area contributed by atoms with Gasteiger partial charge >= 0.3 is 5.97 Å². The highest BCUT2D eigenvalue weighted by Crippen LogP contribution is 2.25. The number of carboxylic acid groups (broad SMARTS) is 1. The van der Waals surface area contributed by atoms with Crippen molar-refractivity contribution in [2.75, 3.05) is 5.32 Å². The Labute approximate surface area is 114 Å². The van der Waals surface area contributed by atoms with Crippen LogP contribution in [-0.2, 0) is 0 Å². The average molecular weight is 279 g/mol. The normalized spacial score (nSPS) is 12.2. The van der Waals surface area contributed by atoms with Gasteiger partial charge in [-0.3, -0.25) is 0 Å². The zero-order chi connectivity index (χ0) is 14.9. The molecule has 2 heterocycles. The lowest BCUT2D eigenvalue weighted by atomic mass is 10.1. The van der Waals surface area contributed by atoms with Gasteiger partial charge in [-0.1, -0.05) is 5.16 Å². The number of anilines is 1. The number of carboxylic acids is 1. The lowest BCUT2D eigenvalue weighted by Crippen LogP contribution is -2.13. The lowest BCUT2D eigenvalue weighted by molar-refractivity contribution is 0.0697. The Morgan fingerprint density at radius 2 is 2.20 bits per heavy atom. The molecule has 0 radical (unpaired) electrons. The third-order valence-corrected chi connectivity index (χ3v) is 2.96. The average Bonchev–Trinajstić information content (AvgIpc) is 2.71. The van der Waals surface area contributed by atoms with Crippen molar-refractivity contribution in [1.29, 1.82) is 0 Å². The van der Waals surface area contributed by atoms with E-state index < -0.39 is 11.8 Å². The van der Waals surface area contributed by atoms with Gasteiger partial charge in [-0.05, 0) is 26.8 Å². The van der Waals surface area contributed by atoms with Gasteiger partial charge in [0.2, 0.25) is 0 Å². The number of aromatic carboxylic acids is 1. The number of nitrogens with one attached hydrogen (secondary N) is 1. The van der Waals surface area contributed by atoms with Crippen LogP contribution in [0.1, 0.15) is 40.3 Å². The Bertz CT molecular complexity index is 635. The molecule has 0 amide bonds. The van der Waals surface area contributed by atoms with Crippen molar-refractivity contribution in [3.05, 3.63) is 40.7 Å². The fraction of sp³-hybridized carbons (Fsp3) is 0.308. The van der Waals surface area contributed by atoms with Crippen molar-refractivity contribution in [3.63, 3.8) is 0 Å². The predicted molar refractivity (Wildman–Crippen MR) is 69.2 cm³/mol. The van der Waals surface area contributed by atoms with E-state index >= 15 is 0 Å². The molecule has 0 saturated carbocycles. The first-order valence-electron chi connectivity index (χ1n) is 5.98. The number of nitrogens with zero attached hydrogens (tertiary/aromatic N) is 2. The maximum Gasteiger partial charge on any atom is 0.339 e. The number of aryl methyl sites for hydroxylation is 2. The molecule has 106 valence electrons.